The zero-order valence-corrected chi connectivity index (χ0v) is 5.56. The van der Waals surface area contributed by atoms with E-state index in [0.29, 0.717) is 0 Å². The number of rotatable bonds is 4. The van der Waals surface area contributed by atoms with Crippen LogP contribution in [-0.4, -0.2) is 0 Å². The van der Waals surface area contributed by atoms with E-state index in [1.54, 1.807) is 0 Å². The Morgan fingerprint density at radius 2 is 2.25 bits per heavy atom. The molecule has 0 aromatic carbocycles. The molecule has 46 valence electrons. The minimum atomic E-state index is 1.01. The van der Waals surface area contributed by atoms with Gasteiger partial charge in [0, 0.05) is 0 Å². The van der Waals surface area contributed by atoms with Gasteiger partial charge in [-0.15, -0.1) is 0 Å². The normalized spacial score (nSPS) is 10.8. The van der Waals surface area contributed by atoms with Gasteiger partial charge in [-0.05, 0) is 19.3 Å². The second-order valence-corrected chi connectivity index (χ2v) is 1.71. The molecule has 0 amide bonds. The Hall–Kier alpha value is -0.260. The van der Waals surface area contributed by atoms with Crippen molar-refractivity contribution in [2.24, 2.45) is 0 Å². The third-order valence-corrected chi connectivity index (χ3v) is 0.879. The monoisotopic (exact) mass is 110 g/mol. The fourth-order valence-corrected chi connectivity index (χ4v) is 0.446. The Labute approximate surface area is 52.6 Å². The van der Waals surface area contributed by atoms with Crippen molar-refractivity contribution in [3.05, 3.63) is 25.5 Å². The highest BCUT2D eigenvalue weighted by atomic mass is 13.8. The molecule has 0 aromatic heterocycles. The van der Waals surface area contributed by atoms with Crippen molar-refractivity contribution in [2.75, 3.05) is 0 Å². The molecular weight excluding hydrogens is 96.1 g/mol. The average Bonchev–Trinajstić information content (AvgIpc) is 1.81. The summed E-state index contributed by atoms with van der Waals surface area (Å²) in [6.45, 7) is 5.85. The standard InChI is InChI=1S/C8H14/c1-3-5-7-8-6-4-2/h6-8H,1,3-5H2,2H3. The molecule has 0 bridgehead atoms. The lowest BCUT2D eigenvalue weighted by Crippen LogP contribution is -1.67. The molecule has 8 heavy (non-hydrogen) atoms. The summed E-state index contributed by atoms with van der Waals surface area (Å²) in [6, 6.07) is 0. The van der Waals surface area contributed by atoms with Crippen LogP contribution >= 0.6 is 0 Å². The van der Waals surface area contributed by atoms with Crippen molar-refractivity contribution < 1.29 is 0 Å². The summed E-state index contributed by atoms with van der Waals surface area (Å²) < 4.78 is 0. The molecule has 0 N–H and O–H groups in total. The molecular formula is C8H14. The minimum Gasteiger partial charge on any atom is -0.0885 e. The molecule has 0 saturated carbocycles. The fourth-order valence-electron chi connectivity index (χ4n) is 0.446. The van der Waals surface area contributed by atoms with Gasteiger partial charge in [0.1, 0.15) is 0 Å². The van der Waals surface area contributed by atoms with Gasteiger partial charge < -0.3 is 0 Å². The summed E-state index contributed by atoms with van der Waals surface area (Å²) in [6.07, 6.45) is 9.65. The quantitative estimate of drug-likeness (QED) is 0.488. The van der Waals surface area contributed by atoms with Crippen LogP contribution in [0, 0.1) is 13.3 Å². The topological polar surface area (TPSA) is 0 Å². The molecule has 0 nitrogen and oxygen atoms in total. The highest BCUT2D eigenvalue weighted by molar-refractivity contribution is 4.93. The molecule has 0 unspecified atom stereocenters. The molecule has 0 aliphatic carbocycles. The van der Waals surface area contributed by atoms with Gasteiger partial charge in [0.25, 0.3) is 0 Å². The van der Waals surface area contributed by atoms with Crippen LogP contribution in [0.2, 0.25) is 0 Å². The highest BCUT2D eigenvalue weighted by Crippen LogP contribution is 1.93. The van der Waals surface area contributed by atoms with Crippen molar-refractivity contribution in [2.45, 2.75) is 26.2 Å². The van der Waals surface area contributed by atoms with Crippen molar-refractivity contribution >= 4 is 0 Å². The molecule has 0 fully saturated rings. The molecule has 0 aromatic rings. The maximum Gasteiger partial charge on any atom is -0.0171 e. The third-order valence-electron chi connectivity index (χ3n) is 0.879. The van der Waals surface area contributed by atoms with Crippen LogP contribution in [0.3, 0.4) is 0 Å². The summed E-state index contributed by atoms with van der Waals surface area (Å²) in [4.78, 5) is 0. The van der Waals surface area contributed by atoms with E-state index in [2.05, 4.69) is 32.4 Å². The molecule has 0 heteroatoms. The maximum atomic E-state index is 3.72. The largest absolute Gasteiger partial charge is 0.0885 e. The van der Waals surface area contributed by atoms with E-state index in [4.69, 9.17) is 0 Å². The molecule has 0 rings (SSSR count). The number of unbranched alkanes of at least 4 members (excludes halogenated alkanes) is 2. The second kappa shape index (κ2) is 6.74. The average molecular weight is 110 g/mol. The van der Waals surface area contributed by atoms with Crippen LogP contribution in [0.5, 0.6) is 0 Å². The minimum absolute atomic E-state index is 1.01. The van der Waals surface area contributed by atoms with E-state index in [0.717, 1.165) is 19.3 Å². The molecule has 0 aliphatic heterocycles. The zero-order chi connectivity index (χ0) is 6.24. The van der Waals surface area contributed by atoms with Crippen molar-refractivity contribution in [3.8, 4) is 0 Å². The summed E-state index contributed by atoms with van der Waals surface area (Å²) in [5.41, 5.74) is 0. The second-order valence-electron chi connectivity index (χ2n) is 1.71. The summed E-state index contributed by atoms with van der Waals surface area (Å²) in [7, 11) is 0. The van der Waals surface area contributed by atoms with Gasteiger partial charge in [0.15, 0.2) is 0 Å². The first-order chi connectivity index (χ1) is 3.91. The van der Waals surface area contributed by atoms with Crippen LogP contribution in [0.15, 0.2) is 12.2 Å². The molecule has 0 aliphatic rings. The molecule has 0 spiro atoms. The SMILES string of the molecule is [CH2]CC[CH]C=CCC. The van der Waals surface area contributed by atoms with Gasteiger partial charge in [-0.1, -0.05) is 32.4 Å². The molecule has 2 radical (unpaired) electrons. The first-order valence-corrected chi connectivity index (χ1v) is 3.19. The third kappa shape index (κ3) is 5.74. The summed E-state index contributed by atoms with van der Waals surface area (Å²) >= 11 is 0. The first-order valence-electron chi connectivity index (χ1n) is 3.19. The zero-order valence-electron chi connectivity index (χ0n) is 5.56. The Bertz CT molecular complexity index is 53.1. The fraction of sp³-hybridized carbons (Fsp3) is 0.500. The van der Waals surface area contributed by atoms with Gasteiger partial charge in [-0.3, -0.25) is 0 Å². The van der Waals surface area contributed by atoms with Gasteiger partial charge >= 0.3 is 0 Å². The van der Waals surface area contributed by atoms with Crippen molar-refractivity contribution in [1.29, 1.82) is 0 Å². The molecule has 0 atom stereocenters. The van der Waals surface area contributed by atoms with Gasteiger partial charge in [0.2, 0.25) is 0 Å². The van der Waals surface area contributed by atoms with Crippen LogP contribution in [-0.2, 0) is 0 Å². The predicted molar refractivity (Wildman–Crippen MR) is 38.3 cm³/mol. The highest BCUT2D eigenvalue weighted by Gasteiger charge is 1.75. The molecule has 0 saturated heterocycles. The van der Waals surface area contributed by atoms with Gasteiger partial charge in [0.05, 0.1) is 0 Å². The number of hydrogen-bond donors (Lipinski definition) is 0. The smallest absolute Gasteiger partial charge is 0.0171 e. The van der Waals surface area contributed by atoms with Gasteiger partial charge in [-0.25, -0.2) is 0 Å². The number of allylic oxidation sites excluding steroid dienone is 2. The van der Waals surface area contributed by atoms with Crippen molar-refractivity contribution in [3.63, 3.8) is 0 Å². The van der Waals surface area contributed by atoms with Crippen molar-refractivity contribution in [1.82, 2.24) is 0 Å². The van der Waals surface area contributed by atoms with E-state index < -0.39 is 0 Å². The molecule has 0 heterocycles. The van der Waals surface area contributed by atoms with Crippen LogP contribution in [0.4, 0.5) is 0 Å². The Morgan fingerprint density at radius 1 is 1.50 bits per heavy atom. The van der Waals surface area contributed by atoms with Crippen LogP contribution in [0.25, 0.3) is 0 Å². The van der Waals surface area contributed by atoms with E-state index in [1.807, 2.05) is 0 Å². The first kappa shape index (κ1) is 7.74. The van der Waals surface area contributed by atoms with E-state index >= 15 is 0 Å². The summed E-state index contributed by atoms with van der Waals surface area (Å²) in [5.74, 6) is 0. The lowest BCUT2D eigenvalue weighted by molar-refractivity contribution is 0.998. The van der Waals surface area contributed by atoms with E-state index in [1.165, 1.54) is 0 Å². The lowest BCUT2D eigenvalue weighted by atomic mass is 10.2. The Kier molecular flexibility index (Phi) is 6.52. The van der Waals surface area contributed by atoms with Crippen LogP contribution in [0.1, 0.15) is 26.2 Å². The summed E-state index contributed by atoms with van der Waals surface area (Å²) in [5, 5.41) is 0. The Morgan fingerprint density at radius 3 is 2.75 bits per heavy atom. The van der Waals surface area contributed by atoms with E-state index in [-0.39, 0.29) is 0 Å². The maximum absolute atomic E-state index is 3.72. The van der Waals surface area contributed by atoms with E-state index in [9.17, 15) is 0 Å². The predicted octanol–water partition coefficient (Wildman–Crippen LogP) is 2.77. The lowest BCUT2D eigenvalue weighted by Gasteiger charge is -1.84. The Balaban J connectivity index is 2.80. The van der Waals surface area contributed by atoms with Crippen LogP contribution < -0.4 is 0 Å². The van der Waals surface area contributed by atoms with Gasteiger partial charge in [-0.2, -0.15) is 0 Å². The number of hydrogen-bond acceptors (Lipinski definition) is 0.